The van der Waals surface area contributed by atoms with E-state index in [1.54, 1.807) is 6.07 Å². The molecule has 2 aliphatic heterocycles. The fourth-order valence-corrected chi connectivity index (χ4v) is 3.58. The Hall–Kier alpha value is -2.45. The van der Waals surface area contributed by atoms with E-state index in [0.29, 0.717) is 17.8 Å². The lowest BCUT2D eigenvalue weighted by Gasteiger charge is -2.35. The Bertz CT molecular complexity index is 691. The van der Waals surface area contributed by atoms with Crippen molar-refractivity contribution in [2.24, 2.45) is 0 Å². The Morgan fingerprint density at radius 2 is 2.09 bits per heavy atom. The molecule has 0 saturated carbocycles. The molecule has 0 aromatic carbocycles. The number of nitrogens with zero attached hydrogens (tertiary/aromatic N) is 5. The summed E-state index contributed by atoms with van der Waals surface area (Å²) in [6, 6.07) is 13.1. The minimum Gasteiger partial charge on any atom is -0.364 e. The SMILES string of the molecule is N#Cc1ccc(N2CC3CC2CN3Cc2ccccn2)cn1. The van der Waals surface area contributed by atoms with Crippen molar-refractivity contribution in [3.63, 3.8) is 0 Å². The summed E-state index contributed by atoms with van der Waals surface area (Å²) < 4.78 is 0. The average Bonchev–Trinajstić information content (AvgIpc) is 3.16. The first-order valence-corrected chi connectivity index (χ1v) is 7.60. The molecule has 110 valence electrons. The van der Waals surface area contributed by atoms with Crippen LogP contribution in [0.1, 0.15) is 17.8 Å². The maximum absolute atomic E-state index is 8.84. The maximum atomic E-state index is 8.84. The Kier molecular flexibility index (Phi) is 3.24. The molecule has 0 aliphatic carbocycles. The smallest absolute Gasteiger partial charge is 0.140 e. The van der Waals surface area contributed by atoms with Crippen molar-refractivity contribution in [1.82, 2.24) is 14.9 Å². The standard InChI is InChI=1S/C17H17N5/c18-8-13-4-5-15(9-20-13)22-12-16-7-17(22)11-21(16)10-14-3-1-2-6-19-14/h1-6,9,16-17H,7,10-12H2. The third kappa shape index (κ3) is 2.32. The lowest BCUT2D eigenvalue weighted by atomic mass is 10.2. The number of hydrogen-bond acceptors (Lipinski definition) is 5. The molecule has 4 rings (SSSR count). The van der Waals surface area contributed by atoms with Gasteiger partial charge in [-0.1, -0.05) is 6.07 Å². The summed E-state index contributed by atoms with van der Waals surface area (Å²) >= 11 is 0. The van der Waals surface area contributed by atoms with Crippen molar-refractivity contribution in [1.29, 1.82) is 5.26 Å². The molecule has 2 unspecified atom stereocenters. The third-order valence-electron chi connectivity index (χ3n) is 4.64. The van der Waals surface area contributed by atoms with E-state index in [0.717, 1.165) is 31.0 Å². The number of piperazine rings is 1. The van der Waals surface area contributed by atoms with Crippen LogP contribution in [-0.4, -0.2) is 40.0 Å². The van der Waals surface area contributed by atoms with E-state index in [-0.39, 0.29) is 0 Å². The van der Waals surface area contributed by atoms with Crippen LogP contribution in [0.4, 0.5) is 5.69 Å². The minimum atomic E-state index is 0.477. The van der Waals surface area contributed by atoms with Crippen molar-refractivity contribution >= 4 is 5.69 Å². The van der Waals surface area contributed by atoms with Crippen molar-refractivity contribution < 1.29 is 0 Å². The van der Waals surface area contributed by atoms with E-state index in [2.05, 4.69) is 31.9 Å². The van der Waals surface area contributed by atoms with Gasteiger partial charge in [0.15, 0.2) is 0 Å². The quantitative estimate of drug-likeness (QED) is 0.863. The minimum absolute atomic E-state index is 0.477. The van der Waals surface area contributed by atoms with Gasteiger partial charge >= 0.3 is 0 Å². The van der Waals surface area contributed by atoms with Gasteiger partial charge in [0.25, 0.3) is 0 Å². The van der Waals surface area contributed by atoms with Crippen LogP contribution in [0.3, 0.4) is 0 Å². The lowest BCUT2D eigenvalue weighted by molar-refractivity contribution is 0.228. The van der Waals surface area contributed by atoms with E-state index >= 15 is 0 Å². The van der Waals surface area contributed by atoms with Crippen LogP contribution in [-0.2, 0) is 6.54 Å². The summed E-state index contributed by atoms with van der Waals surface area (Å²) in [4.78, 5) is 13.6. The highest BCUT2D eigenvalue weighted by Crippen LogP contribution is 2.34. The molecule has 4 heterocycles. The summed E-state index contributed by atoms with van der Waals surface area (Å²) in [5.74, 6) is 0. The van der Waals surface area contributed by atoms with Crippen molar-refractivity contribution in [2.75, 3.05) is 18.0 Å². The number of nitriles is 1. The molecule has 0 N–H and O–H groups in total. The van der Waals surface area contributed by atoms with E-state index in [9.17, 15) is 0 Å². The van der Waals surface area contributed by atoms with E-state index in [1.807, 2.05) is 30.6 Å². The molecule has 2 aliphatic rings. The van der Waals surface area contributed by atoms with Gasteiger partial charge in [-0.3, -0.25) is 9.88 Å². The highest BCUT2D eigenvalue weighted by molar-refractivity contribution is 5.49. The Morgan fingerprint density at radius 3 is 2.73 bits per heavy atom. The molecule has 2 saturated heterocycles. The first-order chi connectivity index (χ1) is 10.8. The molecule has 2 bridgehead atoms. The normalized spacial score (nSPS) is 23.7. The number of pyridine rings is 2. The summed E-state index contributed by atoms with van der Waals surface area (Å²) in [7, 11) is 0. The van der Waals surface area contributed by atoms with Gasteiger partial charge in [0.05, 0.1) is 17.6 Å². The van der Waals surface area contributed by atoms with Crippen molar-refractivity contribution in [3.8, 4) is 6.07 Å². The number of rotatable bonds is 3. The highest BCUT2D eigenvalue weighted by atomic mass is 15.4. The van der Waals surface area contributed by atoms with Crippen LogP contribution in [0.25, 0.3) is 0 Å². The summed E-state index contributed by atoms with van der Waals surface area (Å²) in [5, 5.41) is 8.84. The van der Waals surface area contributed by atoms with Crippen molar-refractivity contribution in [3.05, 3.63) is 54.1 Å². The van der Waals surface area contributed by atoms with Gasteiger partial charge in [0, 0.05) is 37.9 Å². The number of aromatic nitrogens is 2. The first kappa shape index (κ1) is 13.2. The second-order valence-corrected chi connectivity index (χ2v) is 5.96. The van der Waals surface area contributed by atoms with Gasteiger partial charge in [-0.25, -0.2) is 4.98 Å². The van der Waals surface area contributed by atoms with Gasteiger partial charge < -0.3 is 4.90 Å². The second kappa shape index (κ2) is 5.39. The third-order valence-corrected chi connectivity index (χ3v) is 4.64. The molecule has 5 heteroatoms. The number of hydrogen-bond donors (Lipinski definition) is 0. The lowest BCUT2D eigenvalue weighted by Crippen LogP contribution is -2.46. The highest BCUT2D eigenvalue weighted by Gasteiger charge is 2.43. The zero-order chi connectivity index (χ0) is 14.9. The fraction of sp³-hybridized carbons (Fsp3) is 0.353. The van der Waals surface area contributed by atoms with Crippen LogP contribution in [0.15, 0.2) is 42.7 Å². The average molecular weight is 291 g/mol. The molecule has 2 aromatic heterocycles. The molecular weight excluding hydrogens is 274 g/mol. The predicted molar refractivity (Wildman–Crippen MR) is 83.1 cm³/mol. The van der Waals surface area contributed by atoms with Crippen LogP contribution in [0.5, 0.6) is 0 Å². The van der Waals surface area contributed by atoms with E-state index in [1.165, 1.54) is 6.42 Å². The van der Waals surface area contributed by atoms with Gasteiger partial charge in [0.2, 0.25) is 0 Å². The predicted octanol–water partition coefficient (Wildman–Crippen LogP) is 1.81. The van der Waals surface area contributed by atoms with Crippen LogP contribution in [0, 0.1) is 11.3 Å². The number of likely N-dealkylation sites (tertiary alicyclic amines) is 1. The van der Waals surface area contributed by atoms with Gasteiger partial charge in [0.1, 0.15) is 11.8 Å². The van der Waals surface area contributed by atoms with Gasteiger partial charge in [-0.15, -0.1) is 0 Å². The van der Waals surface area contributed by atoms with Crippen LogP contribution < -0.4 is 4.90 Å². The molecule has 0 amide bonds. The monoisotopic (exact) mass is 291 g/mol. The van der Waals surface area contributed by atoms with Crippen LogP contribution in [0.2, 0.25) is 0 Å². The zero-order valence-corrected chi connectivity index (χ0v) is 12.3. The Balaban J connectivity index is 1.44. The fourth-order valence-electron chi connectivity index (χ4n) is 3.58. The summed E-state index contributed by atoms with van der Waals surface area (Å²) in [6.45, 7) is 3.04. The molecule has 5 nitrogen and oxygen atoms in total. The Morgan fingerprint density at radius 1 is 1.14 bits per heavy atom. The molecular formula is C17H17N5. The largest absolute Gasteiger partial charge is 0.364 e. The second-order valence-electron chi connectivity index (χ2n) is 5.96. The zero-order valence-electron chi connectivity index (χ0n) is 12.3. The first-order valence-electron chi connectivity index (χ1n) is 7.60. The van der Waals surface area contributed by atoms with Crippen molar-refractivity contribution in [2.45, 2.75) is 25.0 Å². The molecule has 2 aromatic rings. The van der Waals surface area contributed by atoms with Gasteiger partial charge in [-0.2, -0.15) is 5.26 Å². The maximum Gasteiger partial charge on any atom is 0.140 e. The topological polar surface area (TPSA) is 56.1 Å². The number of fused-ring (bicyclic) bond motifs is 2. The van der Waals surface area contributed by atoms with Gasteiger partial charge in [-0.05, 0) is 30.7 Å². The van der Waals surface area contributed by atoms with Crippen LogP contribution >= 0.6 is 0 Å². The summed E-state index contributed by atoms with van der Waals surface area (Å²) in [5.41, 5.74) is 2.75. The summed E-state index contributed by atoms with van der Waals surface area (Å²) in [6.07, 6.45) is 4.88. The molecule has 2 atom stereocenters. The van der Waals surface area contributed by atoms with E-state index < -0.39 is 0 Å². The number of anilines is 1. The Labute approximate surface area is 129 Å². The van der Waals surface area contributed by atoms with E-state index in [4.69, 9.17) is 5.26 Å². The molecule has 2 fully saturated rings. The molecule has 0 spiro atoms. The molecule has 22 heavy (non-hydrogen) atoms. The molecule has 0 radical (unpaired) electrons.